The van der Waals surface area contributed by atoms with Gasteiger partial charge >= 0.3 is 5.69 Å². The number of fused-ring (bicyclic) bond motifs is 1. The second kappa shape index (κ2) is 6.74. The summed E-state index contributed by atoms with van der Waals surface area (Å²) in [7, 11) is 0. The molecule has 0 radical (unpaired) electrons. The second-order valence-corrected chi connectivity index (χ2v) is 5.69. The number of hydrazone groups is 1. The third kappa shape index (κ3) is 3.22. The molecule has 0 bridgehead atoms. The number of para-hydroxylation sites is 2. The van der Waals surface area contributed by atoms with Crippen molar-refractivity contribution in [2.45, 2.75) is 6.92 Å². The Morgan fingerprint density at radius 3 is 2.32 bits per heavy atom. The maximum Gasteiger partial charge on any atom is 0.305 e. The molecule has 0 spiro atoms. The Balaban J connectivity index is 1.89. The van der Waals surface area contributed by atoms with Gasteiger partial charge in [0, 0.05) is 29.6 Å². The minimum atomic E-state index is -0.459. The van der Waals surface area contributed by atoms with Crippen molar-refractivity contribution in [3.05, 3.63) is 80.9 Å². The molecule has 1 aromatic heterocycles. The summed E-state index contributed by atoms with van der Waals surface area (Å²) in [5.41, 5.74) is 3.38. The molecule has 0 aliphatic rings. The number of hydrogen-bond donors (Lipinski definition) is 1. The zero-order chi connectivity index (χ0) is 18.0. The standard InChI is InChI=1S/C17H13ClN4O3/c1-11-16(22(25)15-5-3-2-4-14(15)21(11)24)10-19-20-17(23)12-6-8-13(18)9-7-12/h2-10H,1H3,(H,20,23)/b19-10+. The summed E-state index contributed by atoms with van der Waals surface area (Å²) in [5.74, 6) is -0.459. The quantitative estimate of drug-likeness (QED) is 0.335. The maximum absolute atomic E-state index is 12.4. The van der Waals surface area contributed by atoms with E-state index < -0.39 is 5.91 Å². The predicted octanol–water partition coefficient (Wildman–Crippen LogP) is 1.83. The molecule has 1 heterocycles. The van der Waals surface area contributed by atoms with Gasteiger partial charge in [-0.05, 0) is 24.3 Å². The van der Waals surface area contributed by atoms with E-state index in [0.29, 0.717) is 20.0 Å². The van der Waals surface area contributed by atoms with E-state index in [1.54, 1.807) is 48.5 Å². The molecule has 2 aromatic carbocycles. The van der Waals surface area contributed by atoms with Crippen molar-refractivity contribution in [2.75, 3.05) is 0 Å². The highest BCUT2D eigenvalue weighted by atomic mass is 35.5. The first-order chi connectivity index (χ1) is 12.0. The summed E-state index contributed by atoms with van der Waals surface area (Å²) >= 11 is 5.77. The Morgan fingerprint density at radius 2 is 1.68 bits per heavy atom. The van der Waals surface area contributed by atoms with Gasteiger partial charge < -0.3 is 10.4 Å². The van der Waals surface area contributed by atoms with Crippen molar-refractivity contribution >= 4 is 34.8 Å². The van der Waals surface area contributed by atoms with Crippen molar-refractivity contribution < 1.29 is 14.3 Å². The molecule has 25 heavy (non-hydrogen) atoms. The van der Waals surface area contributed by atoms with Crippen molar-refractivity contribution in [1.82, 2.24) is 5.43 Å². The molecule has 3 aromatic rings. The average molecular weight is 357 g/mol. The van der Waals surface area contributed by atoms with Crippen molar-refractivity contribution in [3.63, 3.8) is 0 Å². The molecule has 0 unspecified atom stereocenters. The Morgan fingerprint density at radius 1 is 1.08 bits per heavy atom. The van der Waals surface area contributed by atoms with Crippen molar-refractivity contribution in [3.8, 4) is 0 Å². The molecule has 0 fully saturated rings. The van der Waals surface area contributed by atoms with Gasteiger partial charge in [0.25, 0.3) is 22.6 Å². The summed E-state index contributed by atoms with van der Waals surface area (Å²) < 4.78 is 1.27. The summed E-state index contributed by atoms with van der Waals surface area (Å²) in [6, 6.07) is 12.7. The number of halogens is 1. The largest absolute Gasteiger partial charge is 0.618 e. The first-order valence-electron chi connectivity index (χ1n) is 7.32. The number of nitrogens with one attached hydrogen (secondary N) is 1. The van der Waals surface area contributed by atoms with E-state index in [2.05, 4.69) is 10.5 Å². The lowest BCUT2D eigenvalue weighted by atomic mass is 10.2. The van der Waals surface area contributed by atoms with Crippen LogP contribution < -0.4 is 14.9 Å². The monoisotopic (exact) mass is 356 g/mol. The van der Waals surface area contributed by atoms with E-state index >= 15 is 0 Å². The van der Waals surface area contributed by atoms with Gasteiger partial charge in [0.05, 0.1) is 0 Å². The van der Waals surface area contributed by atoms with E-state index in [0.717, 1.165) is 6.21 Å². The van der Waals surface area contributed by atoms with Crippen LogP contribution >= 0.6 is 11.6 Å². The van der Waals surface area contributed by atoms with Crippen LogP contribution in [0.25, 0.3) is 11.0 Å². The first kappa shape index (κ1) is 16.7. The lowest BCUT2D eigenvalue weighted by molar-refractivity contribution is -0.634. The van der Waals surface area contributed by atoms with Crippen LogP contribution in [-0.2, 0) is 0 Å². The van der Waals surface area contributed by atoms with Crippen LogP contribution in [0.3, 0.4) is 0 Å². The fourth-order valence-electron chi connectivity index (χ4n) is 2.33. The topological polar surface area (TPSA) is 95.3 Å². The molecule has 0 aliphatic carbocycles. The molecule has 7 nitrogen and oxygen atoms in total. The summed E-state index contributed by atoms with van der Waals surface area (Å²) in [4.78, 5) is 12.0. The lowest BCUT2D eigenvalue weighted by Gasteiger charge is -2.08. The van der Waals surface area contributed by atoms with Crippen LogP contribution in [0.15, 0.2) is 53.6 Å². The maximum atomic E-state index is 12.4. The summed E-state index contributed by atoms with van der Waals surface area (Å²) in [6.45, 7) is 1.51. The fraction of sp³-hybridized carbons (Fsp3) is 0.0588. The molecular weight excluding hydrogens is 344 g/mol. The third-order valence-electron chi connectivity index (χ3n) is 3.67. The minimum Gasteiger partial charge on any atom is -0.618 e. The molecule has 0 atom stereocenters. The van der Waals surface area contributed by atoms with Crippen LogP contribution in [0.1, 0.15) is 21.7 Å². The number of hydrogen-bond acceptors (Lipinski definition) is 4. The lowest BCUT2D eigenvalue weighted by Crippen LogP contribution is -2.44. The van der Waals surface area contributed by atoms with Gasteiger partial charge in [-0.25, -0.2) is 5.43 Å². The van der Waals surface area contributed by atoms with E-state index in [1.807, 2.05) is 0 Å². The van der Waals surface area contributed by atoms with Gasteiger partial charge in [0.15, 0.2) is 0 Å². The van der Waals surface area contributed by atoms with Gasteiger partial charge in [-0.3, -0.25) is 4.79 Å². The van der Waals surface area contributed by atoms with Gasteiger partial charge in [0.1, 0.15) is 6.21 Å². The SMILES string of the molecule is Cc1c(/C=N/NC(=O)c2ccc(Cl)cc2)[n+]([O-])c2ccccc2[n+]1[O-]. The van der Waals surface area contributed by atoms with E-state index in [9.17, 15) is 15.2 Å². The number of carbonyl (C=O) groups is 1. The Labute approximate surface area is 148 Å². The van der Waals surface area contributed by atoms with Crippen LogP contribution in [0.5, 0.6) is 0 Å². The number of aromatic nitrogens is 2. The zero-order valence-electron chi connectivity index (χ0n) is 13.1. The van der Waals surface area contributed by atoms with Crippen molar-refractivity contribution in [2.24, 2.45) is 5.10 Å². The van der Waals surface area contributed by atoms with Gasteiger partial charge in [0.2, 0.25) is 0 Å². The number of nitrogens with zero attached hydrogens (tertiary/aromatic N) is 3. The molecule has 0 aliphatic heterocycles. The fourth-order valence-corrected chi connectivity index (χ4v) is 2.46. The number of rotatable bonds is 3. The molecular formula is C17H13ClN4O3. The Bertz CT molecular complexity index is 987. The van der Waals surface area contributed by atoms with Crippen LogP contribution in [0.4, 0.5) is 0 Å². The second-order valence-electron chi connectivity index (χ2n) is 5.25. The van der Waals surface area contributed by atoms with Crippen LogP contribution in [-0.4, -0.2) is 12.1 Å². The van der Waals surface area contributed by atoms with E-state index in [1.165, 1.54) is 6.92 Å². The van der Waals surface area contributed by atoms with Gasteiger partial charge in [-0.2, -0.15) is 14.6 Å². The summed E-state index contributed by atoms with van der Waals surface area (Å²) in [6.07, 6.45) is 1.15. The summed E-state index contributed by atoms with van der Waals surface area (Å²) in [5, 5.41) is 29.0. The molecule has 0 saturated carbocycles. The normalized spacial score (nSPS) is 11.1. The Kier molecular flexibility index (Phi) is 4.49. The molecule has 3 rings (SSSR count). The zero-order valence-corrected chi connectivity index (χ0v) is 13.9. The molecule has 1 N–H and O–H groups in total. The molecule has 1 amide bonds. The minimum absolute atomic E-state index is 0.0464. The van der Waals surface area contributed by atoms with E-state index in [4.69, 9.17) is 11.6 Å². The highest BCUT2D eigenvalue weighted by molar-refractivity contribution is 6.30. The Hall–Kier alpha value is -3.19. The third-order valence-corrected chi connectivity index (χ3v) is 3.92. The molecule has 8 heteroatoms. The predicted molar refractivity (Wildman–Crippen MR) is 93.1 cm³/mol. The number of amides is 1. The highest BCUT2D eigenvalue weighted by Crippen LogP contribution is 2.09. The highest BCUT2D eigenvalue weighted by Gasteiger charge is 2.23. The first-order valence-corrected chi connectivity index (χ1v) is 7.70. The van der Waals surface area contributed by atoms with Crippen LogP contribution in [0.2, 0.25) is 5.02 Å². The molecule has 0 saturated heterocycles. The number of carbonyl (C=O) groups excluding carboxylic acids is 1. The average Bonchev–Trinajstić information content (AvgIpc) is 2.63. The van der Waals surface area contributed by atoms with Crippen molar-refractivity contribution in [1.29, 1.82) is 0 Å². The van der Waals surface area contributed by atoms with Crippen LogP contribution in [0, 0.1) is 17.3 Å². The van der Waals surface area contributed by atoms with Gasteiger partial charge in [-0.1, -0.05) is 23.7 Å². The smallest absolute Gasteiger partial charge is 0.305 e. The number of benzene rings is 2. The van der Waals surface area contributed by atoms with Gasteiger partial charge in [-0.15, -0.1) is 0 Å². The van der Waals surface area contributed by atoms with E-state index in [-0.39, 0.29) is 22.4 Å². The molecule has 126 valence electrons.